The zero-order valence-electron chi connectivity index (χ0n) is 14.9. The van der Waals surface area contributed by atoms with E-state index in [1.807, 2.05) is 23.1 Å². The molecule has 1 atom stereocenters. The first-order valence-electron chi connectivity index (χ1n) is 8.92. The maximum atomic E-state index is 12.6. The predicted octanol–water partition coefficient (Wildman–Crippen LogP) is 3.82. The van der Waals surface area contributed by atoms with E-state index in [9.17, 15) is 9.59 Å². The molecule has 1 heterocycles. The van der Waals surface area contributed by atoms with E-state index >= 15 is 0 Å². The molecule has 1 aliphatic rings. The van der Waals surface area contributed by atoms with E-state index in [1.165, 1.54) is 5.56 Å². The molecule has 0 aromatic heterocycles. The SMILES string of the molecule is CC(CC(=O)N1CCN(C(=O)c2cccc(Cl)c2)CC1)c1ccccc1. The zero-order valence-corrected chi connectivity index (χ0v) is 15.7. The molecule has 1 unspecified atom stereocenters. The fourth-order valence-electron chi connectivity index (χ4n) is 3.25. The van der Waals surface area contributed by atoms with Crippen LogP contribution in [0.2, 0.25) is 5.02 Å². The van der Waals surface area contributed by atoms with Crippen LogP contribution in [0.4, 0.5) is 0 Å². The molecule has 0 aliphatic carbocycles. The average Bonchev–Trinajstić information content (AvgIpc) is 2.68. The standard InChI is InChI=1S/C21H23ClN2O2/c1-16(17-6-3-2-4-7-17)14-20(25)23-10-12-24(13-11-23)21(26)18-8-5-9-19(22)15-18/h2-9,15-16H,10-14H2,1H3. The van der Waals surface area contributed by atoms with Crippen molar-refractivity contribution in [2.75, 3.05) is 26.2 Å². The Labute approximate surface area is 159 Å². The smallest absolute Gasteiger partial charge is 0.254 e. The summed E-state index contributed by atoms with van der Waals surface area (Å²) in [5.74, 6) is 0.309. The largest absolute Gasteiger partial charge is 0.339 e. The first-order valence-corrected chi connectivity index (χ1v) is 9.30. The summed E-state index contributed by atoms with van der Waals surface area (Å²) in [6.45, 7) is 4.33. The number of piperazine rings is 1. The number of nitrogens with zero attached hydrogens (tertiary/aromatic N) is 2. The van der Waals surface area contributed by atoms with E-state index in [0.29, 0.717) is 43.2 Å². The Balaban J connectivity index is 1.53. The van der Waals surface area contributed by atoms with Gasteiger partial charge in [-0.05, 0) is 29.7 Å². The molecule has 0 radical (unpaired) electrons. The van der Waals surface area contributed by atoms with Crippen LogP contribution < -0.4 is 0 Å². The lowest BCUT2D eigenvalue weighted by molar-refractivity contribution is -0.133. The van der Waals surface area contributed by atoms with Gasteiger partial charge in [0.2, 0.25) is 5.91 Å². The molecule has 26 heavy (non-hydrogen) atoms. The first kappa shape index (κ1) is 18.5. The van der Waals surface area contributed by atoms with Gasteiger partial charge in [0.15, 0.2) is 0 Å². The van der Waals surface area contributed by atoms with Gasteiger partial charge in [0.25, 0.3) is 5.91 Å². The fraction of sp³-hybridized carbons (Fsp3) is 0.333. The van der Waals surface area contributed by atoms with E-state index in [2.05, 4.69) is 19.1 Å². The molecule has 0 saturated carbocycles. The number of carbonyl (C=O) groups excluding carboxylic acids is 2. The monoisotopic (exact) mass is 370 g/mol. The zero-order chi connectivity index (χ0) is 18.5. The Morgan fingerprint density at radius 3 is 2.27 bits per heavy atom. The molecule has 2 aromatic rings. The van der Waals surface area contributed by atoms with E-state index in [-0.39, 0.29) is 17.7 Å². The normalized spacial score (nSPS) is 15.6. The lowest BCUT2D eigenvalue weighted by Crippen LogP contribution is -2.50. The number of carbonyl (C=O) groups is 2. The summed E-state index contributed by atoms with van der Waals surface area (Å²) in [7, 11) is 0. The number of amides is 2. The second-order valence-corrected chi connectivity index (χ2v) is 7.14. The number of rotatable bonds is 4. The molecule has 1 saturated heterocycles. The minimum Gasteiger partial charge on any atom is -0.339 e. The van der Waals surface area contributed by atoms with Crippen molar-refractivity contribution in [1.29, 1.82) is 0 Å². The summed E-state index contributed by atoms with van der Waals surface area (Å²) in [5, 5.41) is 0.555. The number of benzene rings is 2. The van der Waals surface area contributed by atoms with Gasteiger partial charge in [-0.15, -0.1) is 0 Å². The second-order valence-electron chi connectivity index (χ2n) is 6.70. The van der Waals surface area contributed by atoms with Gasteiger partial charge in [0.1, 0.15) is 0 Å². The Kier molecular flexibility index (Phi) is 5.94. The molecule has 0 N–H and O–H groups in total. The number of hydrogen-bond donors (Lipinski definition) is 0. The van der Waals surface area contributed by atoms with Crippen LogP contribution in [0, 0.1) is 0 Å². The minimum absolute atomic E-state index is 0.0303. The van der Waals surface area contributed by atoms with Gasteiger partial charge in [-0.2, -0.15) is 0 Å². The van der Waals surface area contributed by atoms with E-state index in [4.69, 9.17) is 11.6 Å². The van der Waals surface area contributed by atoms with Gasteiger partial charge >= 0.3 is 0 Å². The van der Waals surface area contributed by atoms with Crippen molar-refractivity contribution in [3.8, 4) is 0 Å². The van der Waals surface area contributed by atoms with Crippen LogP contribution in [0.1, 0.15) is 35.2 Å². The fourth-order valence-corrected chi connectivity index (χ4v) is 3.44. The van der Waals surface area contributed by atoms with Crippen molar-refractivity contribution in [1.82, 2.24) is 9.80 Å². The molecular weight excluding hydrogens is 348 g/mol. The Hall–Kier alpha value is -2.33. The number of halogens is 1. The molecule has 136 valence electrons. The van der Waals surface area contributed by atoms with Crippen molar-refractivity contribution in [2.24, 2.45) is 0 Å². The molecule has 1 fully saturated rings. The number of hydrogen-bond acceptors (Lipinski definition) is 2. The van der Waals surface area contributed by atoms with Crippen LogP contribution in [0.25, 0.3) is 0 Å². The van der Waals surface area contributed by atoms with Gasteiger partial charge in [-0.3, -0.25) is 9.59 Å². The van der Waals surface area contributed by atoms with Gasteiger partial charge < -0.3 is 9.80 Å². The van der Waals surface area contributed by atoms with Crippen LogP contribution in [0.5, 0.6) is 0 Å². The highest BCUT2D eigenvalue weighted by Crippen LogP contribution is 2.20. The van der Waals surface area contributed by atoms with Crippen molar-refractivity contribution in [3.05, 3.63) is 70.7 Å². The summed E-state index contributed by atoms with van der Waals surface area (Å²) in [5.41, 5.74) is 1.77. The summed E-state index contributed by atoms with van der Waals surface area (Å²) in [6.07, 6.45) is 0.492. The average molecular weight is 371 g/mol. The van der Waals surface area contributed by atoms with Crippen LogP contribution in [0.15, 0.2) is 54.6 Å². The molecule has 0 bridgehead atoms. The van der Waals surface area contributed by atoms with E-state index in [0.717, 1.165) is 0 Å². The Bertz CT molecular complexity index is 771. The lowest BCUT2D eigenvalue weighted by Gasteiger charge is -2.35. The summed E-state index contributed by atoms with van der Waals surface area (Å²) in [4.78, 5) is 28.8. The topological polar surface area (TPSA) is 40.6 Å². The lowest BCUT2D eigenvalue weighted by atomic mass is 9.97. The van der Waals surface area contributed by atoms with E-state index in [1.54, 1.807) is 29.2 Å². The molecule has 2 amide bonds. The van der Waals surface area contributed by atoms with Crippen molar-refractivity contribution in [2.45, 2.75) is 19.3 Å². The maximum absolute atomic E-state index is 12.6. The van der Waals surface area contributed by atoms with Crippen LogP contribution in [-0.4, -0.2) is 47.8 Å². The Morgan fingerprint density at radius 2 is 1.62 bits per heavy atom. The Morgan fingerprint density at radius 1 is 0.962 bits per heavy atom. The van der Waals surface area contributed by atoms with Crippen LogP contribution in [-0.2, 0) is 4.79 Å². The highest BCUT2D eigenvalue weighted by Gasteiger charge is 2.25. The minimum atomic E-state index is -0.0303. The van der Waals surface area contributed by atoms with Crippen molar-refractivity contribution in [3.63, 3.8) is 0 Å². The van der Waals surface area contributed by atoms with Crippen molar-refractivity contribution < 1.29 is 9.59 Å². The van der Waals surface area contributed by atoms with Gasteiger partial charge in [-0.25, -0.2) is 0 Å². The van der Waals surface area contributed by atoms with Gasteiger partial charge in [0.05, 0.1) is 0 Å². The molecule has 0 spiro atoms. The van der Waals surface area contributed by atoms with Crippen molar-refractivity contribution >= 4 is 23.4 Å². The van der Waals surface area contributed by atoms with Gasteiger partial charge in [-0.1, -0.05) is 54.9 Å². The maximum Gasteiger partial charge on any atom is 0.254 e. The summed E-state index contributed by atoms with van der Waals surface area (Å²) >= 11 is 5.97. The van der Waals surface area contributed by atoms with Gasteiger partial charge in [0, 0.05) is 43.2 Å². The van der Waals surface area contributed by atoms with Crippen LogP contribution >= 0.6 is 11.6 Å². The summed E-state index contributed by atoms with van der Waals surface area (Å²) < 4.78 is 0. The third-order valence-electron chi connectivity index (χ3n) is 4.84. The summed E-state index contributed by atoms with van der Waals surface area (Å²) in [6, 6.07) is 17.1. The van der Waals surface area contributed by atoms with Crippen LogP contribution in [0.3, 0.4) is 0 Å². The predicted molar refractivity (Wildman–Crippen MR) is 103 cm³/mol. The highest BCUT2D eigenvalue weighted by molar-refractivity contribution is 6.30. The second kappa shape index (κ2) is 8.37. The molecule has 1 aliphatic heterocycles. The molecule has 3 rings (SSSR count). The quantitative estimate of drug-likeness (QED) is 0.820. The van der Waals surface area contributed by atoms with E-state index < -0.39 is 0 Å². The molecule has 2 aromatic carbocycles. The highest BCUT2D eigenvalue weighted by atomic mass is 35.5. The third kappa shape index (κ3) is 4.44. The molecular formula is C21H23ClN2O2. The molecule has 4 nitrogen and oxygen atoms in total. The first-order chi connectivity index (χ1) is 12.5. The molecule has 5 heteroatoms. The third-order valence-corrected chi connectivity index (χ3v) is 5.08.